The van der Waals surface area contributed by atoms with Crippen molar-refractivity contribution in [2.24, 2.45) is 11.1 Å². The van der Waals surface area contributed by atoms with Crippen molar-refractivity contribution in [2.45, 2.75) is 51.6 Å². The highest BCUT2D eigenvalue weighted by Crippen LogP contribution is 2.47. The molecule has 1 aromatic rings. The Morgan fingerprint density at radius 3 is 2.45 bits per heavy atom. The van der Waals surface area contributed by atoms with E-state index in [9.17, 15) is 0 Å². The second-order valence-corrected chi connectivity index (χ2v) is 7.18. The Kier molecular flexibility index (Phi) is 4.78. The molecule has 1 atom stereocenters. The van der Waals surface area contributed by atoms with Crippen LogP contribution in [0.3, 0.4) is 0 Å². The molecule has 0 saturated heterocycles. The highest BCUT2D eigenvalue weighted by atomic mass is 35.5. The number of rotatable bonds is 4. The molecule has 0 radical (unpaired) electrons. The van der Waals surface area contributed by atoms with Crippen LogP contribution < -0.4 is 5.73 Å². The largest absolute Gasteiger partial charge is 0.329 e. The summed E-state index contributed by atoms with van der Waals surface area (Å²) in [5, 5.41) is 0.847. The number of halogens is 1. The molecule has 20 heavy (non-hydrogen) atoms. The predicted octanol–water partition coefficient (Wildman–Crippen LogP) is 4.07. The van der Waals surface area contributed by atoms with Crippen LogP contribution in [0.25, 0.3) is 0 Å². The van der Waals surface area contributed by atoms with Crippen molar-refractivity contribution >= 4 is 11.6 Å². The van der Waals surface area contributed by atoms with Gasteiger partial charge in [-0.25, -0.2) is 0 Å². The molecule has 0 bridgehead atoms. The lowest BCUT2D eigenvalue weighted by atomic mass is 9.62. The van der Waals surface area contributed by atoms with Crippen LogP contribution >= 0.6 is 11.6 Å². The molecular formula is C17H27ClN2. The second kappa shape index (κ2) is 6.05. The minimum absolute atomic E-state index is 0.0738. The first-order chi connectivity index (χ1) is 9.43. The maximum absolute atomic E-state index is 6.31. The predicted molar refractivity (Wildman–Crippen MR) is 87.0 cm³/mol. The molecule has 1 aliphatic carbocycles. The van der Waals surface area contributed by atoms with Gasteiger partial charge in [-0.3, -0.25) is 4.90 Å². The van der Waals surface area contributed by atoms with Gasteiger partial charge >= 0.3 is 0 Å². The zero-order chi connectivity index (χ0) is 14.8. The van der Waals surface area contributed by atoms with E-state index in [1.165, 1.54) is 31.2 Å². The molecule has 0 aromatic heterocycles. The number of nitrogens with two attached hydrogens (primary N) is 1. The summed E-state index contributed by atoms with van der Waals surface area (Å²) in [6, 6.07) is 8.11. The Morgan fingerprint density at radius 1 is 1.20 bits per heavy atom. The zero-order valence-corrected chi connectivity index (χ0v) is 13.7. The number of benzene rings is 1. The van der Waals surface area contributed by atoms with Crippen LogP contribution in [0.15, 0.2) is 24.3 Å². The van der Waals surface area contributed by atoms with Crippen molar-refractivity contribution in [2.75, 3.05) is 13.6 Å². The lowest BCUT2D eigenvalue weighted by Gasteiger charge is -2.55. The van der Waals surface area contributed by atoms with Gasteiger partial charge in [-0.05, 0) is 36.9 Å². The first-order valence-electron chi connectivity index (χ1n) is 7.58. The van der Waals surface area contributed by atoms with Gasteiger partial charge < -0.3 is 5.73 Å². The molecule has 0 spiro atoms. The molecule has 0 aliphatic heterocycles. The molecule has 2 nitrogen and oxygen atoms in total. The summed E-state index contributed by atoms with van der Waals surface area (Å²) in [7, 11) is 2.20. The SMILES string of the molecule is CN(Cc1ccccc1Cl)C1(CN)CCCCC1(C)C. The third-order valence-corrected chi connectivity index (χ3v) is 5.70. The fourth-order valence-corrected chi connectivity index (χ4v) is 4.03. The minimum Gasteiger partial charge on any atom is -0.329 e. The summed E-state index contributed by atoms with van der Waals surface area (Å²) in [5.74, 6) is 0. The maximum atomic E-state index is 6.31. The molecular weight excluding hydrogens is 268 g/mol. The number of hydrogen-bond donors (Lipinski definition) is 1. The van der Waals surface area contributed by atoms with Crippen molar-refractivity contribution in [3.05, 3.63) is 34.9 Å². The Bertz CT molecular complexity index is 458. The van der Waals surface area contributed by atoms with E-state index in [0.717, 1.165) is 11.6 Å². The van der Waals surface area contributed by atoms with Crippen molar-refractivity contribution < 1.29 is 0 Å². The normalized spacial score (nSPS) is 25.9. The average Bonchev–Trinajstić information content (AvgIpc) is 2.41. The summed E-state index contributed by atoms with van der Waals surface area (Å²) in [4.78, 5) is 2.44. The Morgan fingerprint density at radius 2 is 1.85 bits per heavy atom. The van der Waals surface area contributed by atoms with Gasteiger partial charge in [0.15, 0.2) is 0 Å². The van der Waals surface area contributed by atoms with E-state index in [-0.39, 0.29) is 11.0 Å². The first-order valence-corrected chi connectivity index (χ1v) is 7.95. The van der Waals surface area contributed by atoms with Crippen molar-refractivity contribution in [1.29, 1.82) is 0 Å². The molecule has 1 unspecified atom stereocenters. The van der Waals surface area contributed by atoms with Crippen LogP contribution in [0.4, 0.5) is 0 Å². The van der Waals surface area contributed by atoms with Gasteiger partial charge in [0, 0.05) is 23.7 Å². The Balaban J connectivity index is 2.25. The molecule has 0 heterocycles. The number of likely N-dealkylation sites (N-methyl/N-ethyl adjacent to an activating group) is 1. The lowest BCUT2D eigenvalue weighted by molar-refractivity contribution is -0.0334. The number of hydrogen-bond acceptors (Lipinski definition) is 2. The minimum atomic E-state index is 0.0738. The molecule has 1 fully saturated rings. The van der Waals surface area contributed by atoms with Crippen LogP contribution in [0, 0.1) is 5.41 Å². The van der Waals surface area contributed by atoms with E-state index in [2.05, 4.69) is 37.9 Å². The summed E-state index contributed by atoms with van der Waals surface area (Å²) >= 11 is 6.31. The van der Waals surface area contributed by atoms with Gasteiger partial charge in [0.1, 0.15) is 0 Å². The molecule has 112 valence electrons. The summed E-state index contributed by atoms with van der Waals surface area (Å²) < 4.78 is 0. The fraction of sp³-hybridized carbons (Fsp3) is 0.647. The van der Waals surface area contributed by atoms with Crippen LogP contribution in [0.2, 0.25) is 5.02 Å². The monoisotopic (exact) mass is 294 g/mol. The zero-order valence-electron chi connectivity index (χ0n) is 13.0. The van der Waals surface area contributed by atoms with Gasteiger partial charge in [-0.2, -0.15) is 0 Å². The van der Waals surface area contributed by atoms with E-state index in [1.54, 1.807) is 0 Å². The Labute approximate surface area is 128 Å². The third-order valence-electron chi connectivity index (χ3n) is 5.34. The fourth-order valence-electron chi connectivity index (χ4n) is 3.83. The highest BCUT2D eigenvalue weighted by Gasteiger charge is 2.48. The van der Waals surface area contributed by atoms with E-state index in [4.69, 9.17) is 17.3 Å². The molecule has 2 rings (SSSR count). The first kappa shape index (κ1) is 15.8. The Hall–Kier alpha value is -0.570. The van der Waals surface area contributed by atoms with Crippen molar-refractivity contribution in [3.63, 3.8) is 0 Å². The molecule has 1 aliphatic rings. The van der Waals surface area contributed by atoms with Gasteiger partial charge in [0.2, 0.25) is 0 Å². The third kappa shape index (κ3) is 2.74. The van der Waals surface area contributed by atoms with E-state index in [0.29, 0.717) is 6.54 Å². The van der Waals surface area contributed by atoms with Crippen LogP contribution in [-0.4, -0.2) is 24.0 Å². The standard InChI is InChI=1S/C17H27ClN2/c1-16(2)10-6-7-11-17(16,13-19)20(3)12-14-8-4-5-9-15(14)18/h4-5,8-9H,6-7,10-13,19H2,1-3H3. The van der Waals surface area contributed by atoms with Crippen LogP contribution in [0.5, 0.6) is 0 Å². The number of nitrogens with zero attached hydrogens (tertiary/aromatic N) is 1. The smallest absolute Gasteiger partial charge is 0.0451 e. The summed E-state index contributed by atoms with van der Waals surface area (Å²) in [6.07, 6.45) is 5.01. The van der Waals surface area contributed by atoms with Crippen molar-refractivity contribution in [1.82, 2.24) is 4.90 Å². The molecule has 1 saturated carbocycles. The molecule has 1 aromatic carbocycles. The molecule has 3 heteroatoms. The van der Waals surface area contributed by atoms with Crippen LogP contribution in [0.1, 0.15) is 45.1 Å². The summed E-state index contributed by atoms with van der Waals surface area (Å²) in [5.41, 5.74) is 7.74. The average molecular weight is 295 g/mol. The van der Waals surface area contributed by atoms with Gasteiger partial charge in [-0.15, -0.1) is 0 Å². The molecule has 2 N–H and O–H groups in total. The van der Waals surface area contributed by atoms with Gasteiger partial charge in [-0.1, -0.05) is 56.5 Å². The van der Waals surface area contributed by atoms with Crippen LogP contribution in [-0.2, 0) is 6.54 Å². The second-order valence-electron chi connectivity index (χ2n) is 6.77. The van der Waals surface area contributed by atoms with Crippen molar-refractivity contribution in [3.8, 4) is 0 Å². The quantitative estimate of drug-likeness (QED) is 0.907. The highest BCUT2D eigenvalue weighted by molar-refractivity contribution is 6.31. The van der Waals surface area contributed by atoms with Gasteiger partial charge in [0.25, 0.3) is 0 Å². The summed E-state index contributed by atoms with van der Waals surface area (Å²) in [6.45, 7) is 6.30. The lowest BCUT2D eigenvalue weighted by Crippen LogP contribution is -2.62. The topological polar surface area (TPSA) is 29.3 Å². The van der Waals surface area contributed by atoms with E-state index in [1.807, 2.05) is 12.1 Å². The van der Waals surface area contributed by atoms with E-state index < -0.39 is 0 Å². The molecule has 0 amide bonds. The maximum Gasteiger partial charge on any atom is 0.0451 e. The van der Waals surface area contributed by atoms with Gasteiger partial charge in [0.05, 0.1) is 0 Å². The van der Waals surface area contributed by atoms with E-state index >= 15 is 0 Å².